The predicted molar refractivity (Wildman–Crippen MR) is 137 cm³/mol. The van der Waals surface area contributed by atoms with E-state index in [1.54, 1.807) is 36.1 Å². The van der Waals surface area contributed by atoms with E-state index in [0.29, 0.717) is 25.2 Å². The molecular formula is C26H37N3O4S. The van der Waals surface area contributed by atoms with E-state index >= 15 is 0 Å². The molecule has 0 aliphatic rings. The average molecular weight is 488 g/mol. The van der Waals surface area contributed by atoms with Gasteiger partial charge in [0.25, 0.3) is 0 Å². The molecule has 1 N–H and O–H groups in total. The van der Waals surface area contributed by atoms with Gasteiger partial charge < -0.3 is 10.2 Å². The van der Waals surface area contributed by atoms with Crippen molar-refractivity contribution in [3.8, 4) is 0 Å². The van der Waals surface area contributed by atoms with E-state index in [1.165, 1.54) is 4.31 Å². The van der Waals surface area contributed by atoms with Gasteiger partial charge in [-0.15, -0.1) is 0 Å². The summed E-state index contributed by atoms with van der Waals surface area (Å²) in [4.78, 5) is 27.6. The van der Waals surface area contributed by atoms with Crippen molar-refractivity contribution in [2.45, 2.75) is 59.0 Å². The molecular weight excluding hydrogens is 450 g/mol. The van der Waals surface area contributed by atoms with Gasteiger partial charge in [0.1, 0.15) is 6.04 Å². The number of unbranched alkanes of at least 4 members (excludes halogenated alkanes) is 1. The summed E-state index contributed by atoms with van der Waals surface area (Å²) >= 11 is 0. The maximum atomic E-state index is 13.3. The molecule has 0 bridgehead atoms. The van der Waals surface area contributed by atoms with Crippen molar-refractivity contribution in [2.24, 2.45) is 0 Å². The number of anilines is 1. The number of amides is 2. The van der Waals surface area contributed by atoms with Crippen LogP contribution in [0.5, 0.6) is 0 Å². The Labute approximate surface area is 204 Å². The highest BCUT2D eigenvalue weighted by Crippen LogP contribution is 2.19. The monoisotopic (exact) mass is 487 g/mol. The lowest BCUT2D eigenvalue weighted by atomic mass is 10.1. The summed E-state index contributed by atoms with van der Waals surface area (Å²) in [5, 5.41) is 2.91. The van der Waals surface area contributed by atoms with Crippen LogP contribution in [0.15, 0.2) is 54.6 Å². The molecule has 2 aromatic carbocycles. The smallest absolute Gasteiger partial charge is 0.242 e. The van der Waals surface area contributed by atoms with E-state index in [4.69, 9.17) is 0 Å². The third-order valence-electron chi connectivity index (χ3n) is 5.63. The molecule has 0 saturated heterocycles. The highest BCUT2D eigenvalue weighted by molar-refractivity contribution is 7.92. The first-order chi connectivity index (χ1) is 16.1. The van der Waals surface area contributed by atoms with E-state index in [0.717, 1.165) is 30.2 Å². The number of aryl methyl sites for hydroxylation is 1. The van der Waals surface area contributed by atoms with Crippen molar-refractivity contribution >= 4 is 27.5 Å². The molecule has 7 nitrogen and oxygen atoms in total. The molecule has 0 aliphatic carbocycles. The Morgan fingerprint density at radius 2 is 1.74 bits per heavy atom. The van der Waals surface area contributed by atoms with Crippen LogP contribution in [-0.4, -0.2) is 50.5 Å². The van der Waals surface area contributed by atoms with Gasteiger partial charge in [0, 0.05) is 26.1 Å². The van der Waals surface area contributed by atoms with Crippen LogP contribution in [0.2, 0.25) is 0 Å². The minimum atomic E-state index is -3.49. The zero-order chi connectivity index (χ0) is 25.1. The Morgan fingerprint density at radius 1 is 1.03 bits per heavy atom. The highest BCUT2D eigenvalue weighted by Gasteiger charge is 2.26. The van der Waals surface area contributed by atoms with Gasteiger partial charge in [0.15, 0.2) is 0 Å². The van der Waals surface area contributed by atoms with E-state index in [1.807, 2.05) is 37.3 Å². The second kappa shape index (κ2) is 13.1. The summed E-state index contributed by atoms with van der Waals surface area (Å²) in [5.74, 6) is -0.363. The van der Waals surface area contributed by atoms with Gasteiger partial charge in [-0.3, -0.25) is 13.9 Å². The number of hydrogen-bond acceptors (Lipinski definition) is 4. The summed E-state index contributed by atoms with van der Waals surface area (Å²) in [6.45, 7) is 6.86. The van der Waals surface area contributed by atoms with Gasteiger partial charge in [-0.1, -0.05) is 61.4 Å². The predicted octanol–water partition coefficient (Wildman–Crippen LogP) is 3.87. The molecule has 0 fully saturated rings. The second-order valence-electron chi connectivity index (χ2n) is 8.61. The van der Waals surface area contributed by atoms with Gasteiger partial charge in [0.2, 0.25) is 21.8 Å². The Morgan fingerprint density at radius 3 is 2.35 bits per heavy atom. The SMILES string of the molecule is CCCCNC(=O)[C@H](C)N(Cc1cccc(C)c1)C(=O)CCCN(c1ccccc1)S(C)(=O)=O. The van der Waals surface area contributed by atoms with Crippen molar-refractivity contribution in [2.75, 3.05) is 23.7 Å². The van der Waals surface area contributed by atoms with Crippen molar-refractivity contribution in [1.82, 2.24) is 10.2 Å². The fraction of sp³-hybridized carbons (Fsp3) is 0.462. The van der Waals surface area contributed by atoms with Gasteiger partial charge in [-0.25, -0.2) is 8.42 Å². The third-order valence-corrected chi connectivity index (χ3v) is 6.82. The third kappa shape index (κ3) is 8.48. The first-order valence-electron chi connectivity index (χ1n) is 11.8. The zero-order valence-corrected chi connectivity index (χ0v) is 21.5. The number of nitrogens with one attached hydrogen (secondary N) is 1. The standard InChI is InChI=1S/C26H37N3O4S/c1-5-6-17-27-26(31)22(3)28(20-23-13-10-12-21(2)19-23)25(30)16-11-18-29(34(4,32)33)24-14-8-7-9-15-24/h7-10,12-15,19,22H,5-6,11,16-18,20H2,1-4H3,(H,27,31)/t22-/m0/s1. The first kappa shape index (κ1) is 27.4. The number of carbonyl (C=O) groups excluding carboxylic acids is 2. The van der Waals surface area contributed by atoms with Gasteiger partial charge in [0.05, 0.1) is 11.9 Å². The van der Waals surface area contributed by atoms with Crippen molar-refractivity contribution in [3.05, 3.63) is 65.7 Å². The Balaban J connectivity index is 2.12. The largest absolute Gasteiger partial charge is 0.354 e. The van der Waals surface area contributed by atoms with Crippen LogP contribution in [0.25, 0.3) is 0 Å². The second-order valence-corrected chi connectivity index (χ2v) is 10.5. The highest BCUT2D eigenvalue weighted by atomic mass is 32.2. The van der Waals surface area contributed by atoms with Crippen LogP contribution in [0, 0.1) is 6.92 Å². The van der Waals surface area contributed by atoms with Gasteiger partial charge in [-0.2, -0.15) is 0 Å². The first-order valence-corrected chi connectivity index (χ1v) is 13.6. The lowest BCUT2D eigenvalue weighted by Gasteiger charge is -2.29. The normalized spacial score (nSPS) is 12.1. The molecule has 0 unspecified atom stereocenters. The van der Waals surface area contributed by atoms with Crippen LogP contribution in [0.4, 0.5) is 5.69 Å². The van der Waals surface area contributed by atoms with Crippen LogP contribution in [-0.2, 0) is 26.2 Å². The molecule has 186 valence electrons. The average Bonchev–Trinajstić information content (AvgIpc) is 2.79. The number of carbonyl (C=O) groups is 2. The molecule has 2 amide bonds. The van der Waals surface area contributed by atoms with Crippen LogP contribution >= 0.6 is 0 Å². The minimum absolute atomic E-state index is 0.136. The van der Waals surface area contributed by atoms with Gasteiger partial charge in [-0.05, 0) is 44.4 Å². The molecule has 0 radical (unpaired) electrons. The van der Waals surface area contributed by atoms with Crippen molar-refractivity contribution in [3.63, 3.8) is 0 Å². The summed E-state index contributed by atoms with van der Waals surface area (Å²) < 4.78 is 25.9. The molecule has 0 heterocycles. The number of nitrogens with zero attached hydrogens (tertiary/aromatic N) is 2. The zero-order valence-electron chi connectivity index (χ0n) is 20.7. The number of rotatable bonds is 13. The topological polar surface area (TPSA) is 86.8 Å². The maximum absolute atomic E-state index is 13.3. The summed E-state index contributed by atoms with van der Waals surface area (Å²) in [5.41, 5.74) is 2.60. The van der Waals surface area contributed by atoms with Crippen LogP contribution in [0.1, 0.15) is 50.7 Å². The number of hydrogen-bond donors (Lipinski definition) is 1. The molecule has 2 rings (SSSR count). The molecule has 0 aliphatic heterocycles. The van der Waals surface area contributed by atoms with Crippen LogP contribution < -0.4 is 9.62 Å². The Hall–Kier alpha value is -2.87. The molecule has 0 saturated carbocycles. The van der Waals surface area contributed by atoms with E-state index in [2.05, 4.69) is 12.2 Å². The number of para-hydroxylation sites is 1. The molecule has 1 atom stereocenters. The van der Waals surface area contributed by atoms with E-state index in [9.17, 15) is 18.0 Å². The Kier molecular flexibility index (Phi) is 10.6. The molecule has 2 aromatic rings. The maximum Gasteiger partial charge on any atom is 0.242 e. The summed E-state index contributed by atoms with van der Waals surface area (Å²) in [6, 6.07) is 16.1. The molecule has 34 heavy (non-hydrogen) atoms. The molecule has 0 aromatic heterocycles. The summed E-state index contributed by atoms with van der Waals surface area (Å²) in [6.07, 6.45) is 3.49. The van der Waals surface area contributed by atoms with Crippen LogP contribution in [0.3, 0.4) is 0 Å². The van der Waals surface area contributed by atoms with E-state index in [-0.39, 0.29) is 24.8 Å². The minimum Gasteiger partial charge on any atom is -0.354 e. The van der Waals surface area contributed by atoms with E-state index < -0.39 is 16.1 Å². The van der Waals surface area contributed by atoms with Gasteiger partial charge >= 0.3 is 0 Å². The molecule has 8 heteroatoms. The lowest BCUT2D eigenvalue weighted by Crippen LogP contribution is -2.48. The van der Waals surface area contributed by atoms with Crippen molar-refractivity contribution in [1.29, 1.82) is 0 Å². The summed E-state index contributed by atoms with van der Waals surface area (Å²) in [7, 11) is -3.49. The molecule has 0 spiro atoms. The fourth-order valence-electron chi connectivity index (χ4n) is 3.72. The number of benzene rings is 2. The van der Waals surface area contributed by atoms with Crippen molar-refractivity contribution < 1.29 is 18.0 Å². The number of sulfonamides is 1. The fourth-order valence-corrected chi connectivity index (χ4v) is 4.69. The lowest BCUT2D eigenvalue weighted by molar-refractivity contribution is -0.140. The Bertz CT molecular complexity index is 1040. The quantitative estimate of drug-likeness (QED) is 0.435.